The first-order chi connectivity index (χ1) is 12.8. The zero-order valence-corrected chi connectivity index (χ0v) is 17.9. The van der Waals surface area contributed by atoms with E-state index in [2.05, 4.69) is 21.2 Å². The first kappa shape index (κ1) is 21.5. The van der Waals surface area contributed by atoms with Gasteiger partial charge in [0.25, 0.3) is 5.91 Å². The Balaban J connectivity index is 2.15. The molecule has 0 spiro atoms. The first-order valence-electron chi connectivity index (χ1n) is 8.15. The van der Waals surface area contributed by atoms with Crippen LogP contribution < -0.4 is 10.1 Å². The number of hydrogen-bond acceptors (Lipinski definition) is 3. The van der Waals surface area contributed by atoms with E-state index in [0.717, 1.165) is 10.0 Å². The fourth-order valence-electron chi connectivity index (χ4n) is 2.44. The van der Waals surface area contributed by atoms with Gasteiger partial charge in [-0.05, 0) is 42.8 Å². The Kier molecular flexibility index (Phi) is 7.95. The average Bonchev–Trinajstić information content (AvgIpc) is 2.64. The maximum absolute atomic E-state index is 12.8. The standard InChI is InChI=1S/C19H19BrCl2N2O3/c1-12(19(26)23-2)24(10-13-4-3-5-14(20)8-13)18(25)11-27-17-7-6-15(21)9-16(17)22/h3-9,12H,10-11H2,1-2H3,(H,23,26)/t12-/m1/s1. The molecule has 0 aliphatic carbocycles. The van der Waals surface area contributed by atoms with Crippen molar-refractivity contribution in [3.63, 3.8) is 0 Å². The number of nitrogens with zero attached hydrogens (tertiary/aromatic N) is 1. The number of amides is 2. The van der Waals surface area contributed by atoms with Crippen LogP contribution in [0.2, 0.25) is 10.0 Å². The molecule has 2 amide bonds. The van der Waals surface area contributed by atoms with Crippen LogP contribution in [0.25, 0.3) is 0 Å². The van der Waals surface area contributed by atoms with Crippen molar-refractivity contribution >= 4 is 50.9 Å². The number of carbonyl (C=O) groups is 2. The van der Waals surface area contributed by atoms with Crippen molar-refractivity contribution in [2.75, 3.05) is 13.7 Å². The summed E-state index contributed by atoms with van der Waals surface area (Å²) in [4.78, 5) is 26.3. The van der Waals surface area contributed by atoms with E-state index >= 15 is 0 Å². The summed E-state index contributed by atoms with van der Waals surface area (Å²) in [6, 6.07) is 11.6. The van der Waals surface area contributed by atoms with Gasteiger partial charge in [-0.3, -0.25) is 9.59 Å². The molecule has 2 aromatic rings. The molecule has 27 heavy (non-hydrogen) atoms. The van der Waals surface area contributed by atoms with Gasteiger partial charge in [-0.15, -0.1) is 0 Å². The number of hydrogen-bond donors (Lipinski definition) is 1. The van der Waals surface area contributed by atoms with Gasteiger partial charge >= 0.3 is 0 Å². The lowest BCUT2D eigenvalue weighted by atomic mass is 10.1. The monoisotopic (exact) mass is 472 g/mol. The Labute approximate surface area is 176 Å². The van der Waals surface area contributed by atoms with Gasteiger partial charge in [0.05, 0.1) is 5.02 Å². The highest BCUT2D eigenvalue weighted by molar-refractivity contribution is 9.10. The Hall–Kier alpha value is -1.76. The Bertz CT molecular complexity index is 832. The summed E-state index contributed by atoms with van der Waals surface area (Å²) >= 11 is 15.3. The van der Waals surface area contributed by atoms with Crippen molar-refractivity contribution in [1.82, 2.24) is 10.2 Å². The molecule has 1 N–H and O–H groups in total. The van der Waals surface area contributed by atoms with Gasteiger partial charge in [0.15, 0.2) is 6.61 Å². The summed E-state index contributed by atoms with van der Waals surface area (Å²) in [6.07, 6.45) is 0. The highest BCUT2D eigenvalue weighted by Crippen LogP contribution is 2.27. The summed E-state index contributed by atoms with van der Waals surface area (Å²) < 4.78 is 6.43. The van der Waals surface area contributed by atoms with E-state index in [1.54, 1.807) is 19.1 Å². The van der Waals surface area contributed by atoms with Gasteiger partial charge in [-0.2, -0.15) is 0 Å². The van der Waals surface area contributed by atoms with Crippen LogP contribution in [-0.2, 0) is 16.1 Å². The Morgan fingerprint density at radius 2 is 1.96 bits per heavy atom. The van der Waals surface area contributed by atoms with Crippen molar-refractivity contribution in [3.05, 3.63) is 62.5 Å². The van der Waals surface area contributed by atoms with E-state index in [0.29, 0.717) is 15.8 Å². The van der Waals surface area contributed by atoms with Crippen LogP contribution in [0.15, 0.2) is 46.9 Å². The van der Waals surface area contributed by atoms with Crippen molar-refractivity contribution in [1.29, 1.82) is 0 Å². The number of ether oxygens (including phenoxy) is 1. The predicted molar refractivity (Wildman–Crippen MR) is 110 cm³/mol. The lowest BCUT2D eigenvalue weighted by Gasteiger charge is -2.28. The van der Waals surface area contributed by atoms with Crippen molar-refractivity contribution in [2.45, 2.75) is 19.5 Å². The summed E-state index contributed by atoms with van der Waals surface area (Å²) in [6.45, 7) is 1.69. The van der Waals surface area contributed by atoms with Crippen molar-refractivity contribution in [2.24, 2.45) is 0 Å². The summed E-state index contributed by atoms with van der Waals surface area (Å²) in [5, 5.41) is 3.36. The van der Waals surface area contributed by atoms with Gasteiger partial charge in [0.1, 0.15) is 11.8 Å². The normalized spacial score (nSPS) is 11.6. The number of likely N-dealkylation sites (N-methyl/N-ethyl adjacent to an activating group) is 1. The van der Waals surface area contributed by atoms with Crippen LogP contribution in [0.1, 0.15) is 12.5 Å². The van der Waals surface area contributed by atoms with Crippen LogP contribution in [0.5, 0.6) is 5.75 Å². The van der Waals surface area contributed by atoms with Gasteiger partial charge in [0.2, 0.25) is 5.91 Å². The fraction of sp³-hybridized carbons (Fsp3) is 0.263. The predicted octanol–water partition coefficient (Wildman–Crippen LogP) is 4.30. The molecular formula is C19H19BrCl2N2O3. The molecule has 1 atom stereocenters. The Morgan fingerprint density at radius 3 is 2.59 bits per heavy atom. The van der Waals surface area contributed by atoms with Crippen LogP contribution in [0.4, 0.5) is 0 Å². The minimum absolute atomic E-state index is 0.253. The molecule has 0 unspecified atom stereocenters. The number of benzene rings is 2. The molecule has 0 fully saturated rings. The van der Waals surface area contributed by atoms with Crippen LogP contribution >= 0.6 is 39.1 Å². The maximum atomic E-state index is 12.8. The summed E-state index contributed by atoms with van der Waals surface area (Å²) in [5.41, 5.74) is 0.887. The average molecular weight is 474 g/mol. The Morgan fingerprint density at radius 1 is 1.22 bits per heavy atom. The largest absolute Gasteiger partial charge is 0.482 e. The highest BCUT2D eigenvalue weighted by atomic mass is 79.9. The molecule has 0 aliphatic heterocycles. The molecule has 0 saturated heterocycles. The van der Waals surface area contributed by atoms with E-state index in [4.69, 9.17) is 27.9 Å². The topological polar surface area (TPSA) is 58.6 Å². The molecule has 0 heterocycles. The SMILES string of the molecule is CNC(=O)[C@@H](C)N(Cc1cccc(Br)c1)C(=O)COc1ccc(Cl)cc1Cl. The zero-order valence-electron chi connectivity index (χ0n) is 14.8. The van der Waals surface area contributed by atoms with Crippen LogP contribution in [0, 0.1) is 0 Å². The molecule has 0 aliphatic rings. The van der Waals surface area contributed by atoms with Crippen LogP contribution in [-0.4, -0.2) is 36.4 Å². The third kappa shape index (κ3) is 6.13. The minimum Gasteiger partial charge on any atom is -0.482 e. The zero-order chi connectivity index (χ0) is 20.0. The molecule has 0 radical (unpaired) electrons. The molecule has 0 aromatic heterocycles. The van der Waals surface area contributed by atoms with Gasteiger partial charge < -0.3 is 15.0 Å². The van der Waals surface area contributed by atoms with Gasteiger partial charge in [-0.25, -0.2) is 0 Å². The van der Waals surface area contributed by atoms with E-state index in [-0.39, 0.29) is 25.0 Å². The molecule has 8 heteroatoms. The molecule has 5 nitrogen and oxygen atoms in total. The number of carbonyl (C=O) groups excluding carboxylic acids is 2. The molecule has 0 bridgehead atoms. The van der Waals surface area contributed by atoms with E-state index in [1.165, 1.54) is 18.0 Å². The van der Waals surface area contributed by atoms with Crippen LogP contribution in [0.3, 0.4) is 0 Å². The van der Waals surface area contributed by atoms with E-state index in [1.807, 2.05) is 24.3 Å². The molecule has 2 aromatic carbocycles. The third-order valence-corrected chi connectivity index (χ3v) is 4.92. The van der Waals surface area contributed by atoms with Gasteiger partial charge in [-0.1, -0.05) is 51.3 Å². The van der Waals surface area contributed by atoms with E-state index < -0.39 is 6.04 Å². The fourth-order valence-corrected chi connectivity index (χ4v) is 3.35. The first-order valence-corrected chi connectivity index (χ1v) is 9.70. The second kappa shape index (κ2) is 9.97. The number of rotatable bonds is 7. The smallest absolute Gasteiger partial charge is 0.261 e. The third-order valence-electron chi connectivity index (χ3n) is 3.90. The second-order valence-electron chi connectivity index (χ2n) is 5.81. The maximum Gasteiger partial charge on any atom is 0.261 e. The number of nitrogens with one attached hydrogen (secondary N) is 1. The molecular weight excluding hydrogens is 455 g/mol. The highest BCUT2D eigenvalue weighted by Gasteiger charge is 2.26. The molecule has 0 saturated carbocycles. The van der Waals surface area contributed by atoms with E-state index in [9.17, 15) is 9.59 Å². The second-order valence-corrected chi connectivity index (χ2v) is 7.56. The van der Waals surface area contributed by atoms with Crippen molar-refractivity contribution < 1.29 is 14.3 Å². The van der Waals surface area contributed by atoms with Gasteiger partial charge in [0, 0.05) is 23.1 Å². The minimum atomic E-state index is -0.661. The lowest BCUT2D eigenvalue weighted by Crippen LogP contribution is -2.48. The van der Waals surface area contributed by atoms with Crippen molar-refractivity contribution in [3.8, 4) is 5.75 Å². The summed E-state index contributed by atoms with van der Waals surface area (Å²) in [5.74, 6) is -0.246. The number of halogens is 3. The molecule has 144 valence electrons. The lowest BCUT2D eigenvalue weighted by molar-refractivity contribution is -0.142. The molecule has 2 rings (SSSR count). The summed E-state index contributed by atoms with van der Waals surface area (Å²) in [7, 11) is 1.53. The quantitative estimate of drug-likeness (QED) is 0.652.